The van der Waals surface area contributed by atoms with Gasteiger partial charge in [-0.05, 0) is 42.7 Å². The summed E-state index contributed by atoms with van der Waals surface area (Å²) in [6.07, 6.45) is 0.687. The zero-order valence-corrected chi connectivity index (χ0v) is 14.3. The van der Waals surface area contributed by atoms with Gasteiger partial charge in [0.05, 0.1) is 17.1 Å². The minimum atomic E-state index is -3.65. The van der Waals surface area contributed by atoms with Crippen LogP contribution < -0.4 is 0 Å². The minimum absolute atomic E-state index is 0.118. The summed E-state index contributed by atoms with van der Waals surface area (Å²) in [7, 11) is -3.65. The van der Waals surface area contributed by atoms with E-state index < -0.39 is 16.0 Å². The number of nitrogens with zero attached hydrogens (tertiary/aromatic N) is 1. The van der Waals surface area contributed by atoms with Crippen LogP contribution in [0, 0.1) is 0 Å². The van der Waals surface area contributed by atoms with Crippen molar-refractivity contribution in [1.82, 2.24) is 4.31 Å². The minimum Gasteiger partial charge on any atom is -0.462 e. The van der Waals surface area contributed by atoms with E-state index in [2.05, 4.69) is 0 Å². The van der Waals surface area contributed by atoms with Gasteiger partial charge in [-0.25, -0.2) is 13.2 Å². The molecule has 0 amide bonds. The van der Waals surface area contributed by atoms with Crippen molar-refractivity contribution in [3.63, 3.8) is 0 Å². The van der Waals surface area contributed by atoms with Gasteiger partial charge in [-0.1, -0.05) is 30.3 Å². The first-order valence-electron chi connectivity index (χ1n) is 7.86. The molecule has 0 fully saturated rings. The van der Waals surface area contributed by atoms with Gasteiger partial charge in [0.25, 0.3) is 0 Å². The highest BCUT2D eigenvalue weighted by Gasteiger charge is 2.28. The van der Waals surface area contributed by atoms with Crippen molar-refractivity contribution < 1.29 is 17.9 Å². The lowest BCUT2D eigenvalue weighted by Crippen LogP contribution is -2.36. The fourth-order valence-electron chi connectivity index (χ4n) is 2.82. The van der Waals surface area contributed by atoms with E-state index >= 15 is 0 Å². The third kappa shape index (κ3) is 3.20. The molecule has 2 aromatic carbocycles. The van der Waals surface area contributed by atoms with Crippen molar-refractivity contribution in [2.45, 2.75) is 24.8 Å². The first-order chi connectivity index (χ1) is 11.5. The molecule has 1 heterocycles. The van der Waals surface area contributed by atoms with Crippen molar-refractivity contribution in [1.29, 1.82) is 0 Å². The van der Waals surface area contributed by atoms with Crippen LogP contribution in [0.5, 0.6) is 0 Å². The maximum Gasteiger partial charge on any atom is 0.338 e. The number of fused-ring (bicyclic) bond motifs is 1. The molecule has 0 saturated carbocycles. The summed E-state index contributed by atoms with van der Waals surface area (Å²) in [5.74, 6) is -0.515. The average Bonchev–Trinajstić information content (AvgIpc) is 2.61. The summed E-state index contributed by atoms with van der Waals surface area (Å²) in [6.45, 7) is 2.74. The molecule has 24 heavy (non-hydrogen) atoms. The summed E-state index contributed by atoms with van der Waals surface area (Å²) >= 11 is 0. The number of hydrogen-bond donors (Lipinski definition) is 0. The molecule has 0 N–H and O–H groups in total. The van der Waals surface area contributed by atoms with Gasteiger partial charge in [0.15, 0.2) is 0 Å². The average molecular weight is 345 g/mol. The Labute approximate surface area is 141 Å². The van der Waals surface area contributed by atoms with Gasteiger partial charge in [-0.2, -0.15) is 4.31 Å². The third-order valence-corrected chi connectivity index (χ3v) is 5.92. The van der Waals surface area contributed by atoms with E-state index in [1.807, 2.05) is 24.3 Å². The zero-order valence-electron chi connectivity index (χ0n) is 13.4. The van der Waals surface area contributed by atoms with Crippen LogP contribution in [-0.2, 0) is 27.7 Å². The van der Waals surface area contributed by atoms with Crippen LogP contribution in [0.3, 0.4) is 0 Å². The quantitative estimate of drug-likeness (QED) is 0.799. The molecule has 0 aromatic heterocycles. The van der Waals surface area contributed by atoms with E-state index in [9.17, 15) is 13.2 Å². The first-order valence-corrected chi connectivity index (χ1v) is 9.30. The second-order valence-electron chi connectivity index (χ2n) is 5.61. The molecule has 6 heteroatoms. The highest BCUT2D eigenvalue weighted by Crippen LogP contribution is 2.25. The van der Waals surface area contributed by atoms with Crippen molar-refractivity contribution >= 4 is 16.0 Å². The first kappa shape index (κ1) is 16.7. The van der Waals surface area contributed by atoms with E-state index in [1.54, 1.807) is 19.1 Å². The van der Waals surface area contributed by atoms with Gasteiger partial charge in [0, 0.05) is 13.1 Å². The number of hydrogen-bond acceptors (Lipinski definition) is 4. The number of carbonyl (C=O) groups is 1. The molecule has 1 aliphatic rings. The lowest BCUT2D eigenvalue weighted by molar-refractivity contribution is 0.0526. The molecule has 0 saturated heterocycles. The second-order valence-corrected chi connectivity index (χ2v) is 7.54. The summed E-state index contributed by atoms with van der Waals surface area (Å²) < 4.78 is 32.2. The number of ether oxygens (including phenoxy) is 1. The van der Waals surface area contributed by atoms with E-state index in [1.165, 1.54) is 22.0 Å². The second kappa shape index (κ2) is 6.75. The summed E-state index contributed by atoms with van der Waals surface area (Å²) in [4.78, 5) is 12.0. The van der Waals surface area contributed by atoms with Gasteiger partial charge in [0.1, 0.15) is 0 Å². The Kier molecular flexibility index (Phi) is 4.69. The summed E-state index contributed by atoms with van der Waals surface area (Å²) in [5.41, 5.74) is 2.45. The fourth-order valence-corrected chi connectivity index (χ4v) is 4.29. The number of sulfonamides is 1. The maximum atomic E-state index is 12.9. The Balaban J connectivity index is 1.89. The molecule has 2 aromatic rings. The van der Waals surface area contributed by atoms with Crippen LogP contribution in [0.1, 0.15) is 28.4 Å². The highest BCUT2D eigenvalue weighted by molar-refractivity contribution is 7.89. The van der Waals surface area contributed by atoms with E-state index in [-0.39, 0.29) is 17.1 Å². The Morgan fingerprint density at radius 1 is 1.12 bits per heavy atom. The fraction of sp³-hybridized carbons (Fsp3) is 0.278. The van der Waals surface area contributed by atoms with Crippen LogP contribution in [0.4, 0.5) is 0 Å². The molecule has 0 spiro atoms. The highest BCUT2D eigenvalue weighted by atomic mass is 32.2. The Bertz CT molecular complexity index is 861. The van der Waals surface area contributed by atoms with Gasteiger partial charge in [-0.15, -0.1) is 0 Å². The Morgan fingerprint density at radius 2 is 1.88 bits per heavy atom. The molecular formula is C18H19NO4S. The molecule has 126 valence electrons. The lowest BCUT2D eigenvalue weighted by atomic mass is 10.0. The largest absolute Gasteiger partial charge is 0.462 e. The Morgan fingerprint density at radius 3 is 2.62 bits per heavy atom. The molecule has 3 rings (SSSR count). The smallest absolute Gasteiger partial charge is 0.338 e. The molecule has 1 aliphatic heterocycles. The topological polar surface area (TPSA) is 63.7 Å². The van der Waals surface area contributed by atoms with Crippen LogP contribution >= 0.6 is 0 Å². The van der Waals surface area contributed by atoms with Crippen LogP contribution in [0.25, 0.3) is 0 Å². The summed E-state index contributed by atoms with van der Waals surface area (Å²) in [6, 6.07) is 13.9. The van der Waals surface area contributed by atoms with Gasteiger partial charge >= 0.3 is 5.97 Å². The predicted molar refractivity (Wildman–Crippen MR) is 90.1 cm³/mol. The summed E-state index contributed by atoms with van der Waals surface area (Å²) in [5, 5.41) is 0. The predicted octanol–water partition coefficient (Wildman–Crippen LogP) is 2.61. The number of rotatable bonds is 4. The molecule has 0 atom stereocenters. The number of carbonyl (C=O) groups excluding carboxylic acids is 1. The van der Waals surface area contributed by atoms with E-state index in [0.717, 1.165) is 5.56 Å². The zero-order chi connectivity index (χ0) is 17.2. The SMILES string of the molecule is CCOC(=O)c1cccc(S(=O)(=O)N2CCc3ccccc3C2)c1. The van der Waals surface area contributed by atoms with Crippen LogP contribution in [0.15, 0.2) is 53.4 Å². The van der Waals surface area contributed by atoms with Crippen LogP contribution in [0.2, 0.25) is 0 Å². The molecule has 0 bridgehead atoms. The van der Waals surface area contributed by atoms with Crippen molar-refractivity contribution in [2.75, 3.05) is 13.2 Å². The van der Waals surface area contributed by atoms with Gasteiger partial charge in [-0.3, -0.25) is 0 Å². The number of benzene rings is 2. The van der Waals surface area contributed by atoms with Crippen molar-refractivity contribution in [2.24, 2.45) is 0 Å². The Hall–Kier alpha value is -2.18. The molecule has 5 nitrogen and oxygen atoms in total. The normalized spacial score (nSPS) is 14.9. The van der Waals surface area contributed by atoms with Gasteiger partial charge in [0.2, 0.25) is 10.0 Å². The van der Waals surface area contributed by atoms with E-state index in [4.69, 9.17) is 4.74 Å². The maximum absolute atomic E-state index is 12.9. The molecule has 0 aliphatic carbocycles. The van der Waals surface area contributed by atoms with Crippen molar-refractivity contribution in [3.8, 4) is 0 Å². The monoisotopic (exact) mass is 345 g/mol. The number of esters is 1. The third-order valence-electron chi connectivity index (χ3n) is 4.08. The van der Waals surface area contributed by atoms with Crippen molar-refractivity contribution in [3.05, 3.63) is 65.2 Å². The lowest BCUT2D eigenvalue weighted by Gasteiger charge is -2.28. The van der Waals surface area contributed by atoms with E-state index in [0.29, 0.717) is 19.5 Å². The molecule has 0 radical (unpaired) electrons. The molecule has 0 unspecified atom stereocenters. The molecular weight excluding hydrogens is 326 g/mol. The van der Waals surface area contributed by atoms with Gasteiger partial charge < -0.3 is 4.74 Å². The van der Waals surface area contributed by atoms with Crippen LogP contribution in [-0.4, -0.2) is 31.8 Å². The standard InChI is InChI=1S/C18H19NO4S/c1-2-23-18(20)15-8-5-9-17(12-15)24(21,22)19-11-10-14-6-3-4-7-16(14)13-19/h3-9,12H,2,10-11,13H2,1H3.